The van der Waals surface area contributed by atoms with Crippen LogP contribution in [0, 0.1) is 0 Å². The molecular formula is C43H27N5. The summed E-state index contributed by atoms with van der Waals surface area (Å²) >= 11 is 0. The Kier molecular flexibility index (Phi) is 6.72. The van der Waals surface area contributed by atoms with E-state index in [-0.39, 0.29) is 0 Å². The monoisotopic (exact) mass is 613 g/mol. The van der Waals surface area contributed by atoms with E-state index >= 15 is 0 Å². The van der Waals surface area contributed by atoms with Crippen LogP contribution in [0.4, 0.5) is 0 Å². The van der Waals surface area contributed by atoms with Gasteiger partial charge in [0, 0.05) is 27.5 Å². The molecule has 9 aromatic rings. The van der Waals surface area contributed by atoms with Crippen molar-refractivity contribution < 1.29 is 0 Å². The maximum absolute atomic E-state index is 5.21. The van der Waals surface area contributed by atoms with E-state index in [0.717, 1.165) is 55.3 Å². The van der Waals surface area contributed by atoms with Crippen LogP contribution in [0.1, 0.15) is 0 Å². The van der Waals surface area contributed by atoms with Crippen LogP contribution in [0.2, 0.25) is 0 Å². The van der Waals surface area contributed by atoms with Crippen molar-refractivity contribution in [3.05, 3.63) is 164 Å². The first-order chi connectivity index (χ1) is 23.8. The van der Waals surface area contributed by atoms with Gasteiger partial charge < -0.3 is 0 Å². The molecule has 0 atom stereocenters. The first-order valence-electron chi connectivity index (χ1n) is 15.9. The number of hydrogen-bond donors (Lipinski definition) is 0. The summed E-state index contributed by atoms with van der Waals surface area (Å²) in [6.07, 6.45) is 0. The van der Waals surface area contributed by atoms with Crippen LogP contribution in [0.3, 0.4) is 0 Å². The van der Waals surface area contributed by atoms with Crippen molar-refractivity contribution in [1.29, 1.82) is 0 Å². The fourth-order valence-electron chi connectivity index (χ4n) is 6.30. The largest absolute Gasteiger partial charge is 0.245 e. The van der Waals surface area contributed by atoms with Crippen LogP contribution in [0.15, 0.2) is 164 Å². The molecule has 3 aromatic heterocycles. The molecule has 5 heteroatoms. The molecule has 0 radical (unpaired) electrons. The lowest BCUT2D eigenvalue weighted by atomic mass is 10.0. The number of aromatic nitrogens is 5. The van der Waals surface area contributed by atoms with Crippen molar-refractivity contribution in [3.8, 4) is 56.7 Å². The Bertz CT molecular complexity index is 2610. The molecule has 0 unspecified atom stereocenters. The number of benzene rings is 6. The first kappa shape index (κ1) is 27.7. The molecule has 0 saturated carbocycles. The van der Waals surface area contributed by atoms with Gasteiger partial charge in [-0.1, -0.05) is 146 Å². The zero-order chi connectivity index (χ0) is 31.9. The normalized spacial score (nSPS) is 11.3. The smallest absolute Gasteiger partial charge is 0.182 e. The maximum Gasteiger partial charge on any atom is 0.182 e. The van der Waals surface area contributed by atoms with Crippen molar-refractivity contribution in [2.45, 2.75) is 0 Å². The molecule has 9 rings (SSSR count). The van der Waals surface area contributed by atoms with Crippen molar-refractivity contribution in [3.63, 3.8) is 0 Å². The van der Waals surface area contributed by atoms with E-state index in [2.05, 4.69) is 97.1 Å². The van der Waals surface area contributed by atoms with Crippen LogP contribution in [0.25, 0.3) is 89.3 Å². The third-order valence-electron chi connectivity index (χ3n) is 8.71. The van der Waals surface area contributed by atoms with Gasteiger partial charge >= 0.3 is 0 Å². The minimum absolute atomic E-state index is 0.507. The van der Waals surface area contributed by atoms with E-state index < -0.39 is 0 Å². The zero-order valence-corrected chi connectivity index (χ0v) is 25.8. The van der Waals surface area contributed by atoms with E-state index in [1.165, 1.54) is 10.8 Å². The molecular weight excluding hydrogens is 587 g/mol. The van der Waals surface area contributed by atoms with Gasteiger partial charge in [0.15, 0.2) is 17.5 Å². The zero-order valence-electron chi connectivity index (χ0n) is 25.8. The summed E-state index contributed by atoms with van der Waals surface area (Å²) in [6, 6.07) is 55.9. The second-order valence-electron chi connectivity index (χ2n) is 11.7. The highest BCUT2D eigenvalue weighted by atomic mass is 15.0. The van der Waals surface area contributed by atoms with E-state index in [1.54, 1.807) is 0 Å². The molecule has 6 aromatic carbocycles. The predicted octanol–water partition coefficient (Wildman–Crippen LogP) is 10.5. The van der Waals surface area contributed by atoms with Crippen LogP contribution in [0.5, 0.6) is 0 Å². The van der Waals surface area contributed by atoms with Crippen LogP contribution < -0.4 is 0 Å². The van der Waals surface area contributed by atoms with Gasteiger partial charge in [-0.2, -0.15) is 0 Å². The summed E-state index contributed by atoms with van der Waals surface area (Å²) in [4.78, 5) is 25.3. The topological polar surface area (TPSA) is 64.5 Å². The fraction of sp³-hybridized carbons (Fsp3) is 0. The van der Waals surface area contributed by atoms with Gasteiger partial charge in [0.25, 0.3) is 0 Å². The lowest BCUT2D eigenvalue weighted by Gasteiger charge is -2.11. The Labute approximate surface area is 277 Å². The standard InChI is InChI=1S/C43H27N5/c1-3-11-28(12-4-1)33-17-9-18-34(27-33)42-46-41(32-14-5-2-6-15-32)47-43(48-42)38-26-24-31-22-21-30-23-25-37(44-39(30)40(31)45-38)36-20-10-16-29-13-7-8-19-35(29)36/h1-27H. The SMILES string of the molecule is c1ccc(-c2cccc(-c3nc(-c4ccccc4)nc(-c4ccc5ccc6ccc(-c7cccc8ccccc78)nc6c5n4)n3)c2)cc1. The van der Waals surface area contributed by atoms with E-state index in [4.69, 9.17) is 24.9 Å². The Morgan fingerprint density at radius 3 is 1.58 bits per heavy atom. The number of nitrogens with zero attached hydrogens (tertiary/aromatic N) is 5. The highest BCUT2D eigenvalue weighted by Crippen LogP contribution is 2.32. The van der Waals surface area contributed by atoms with Crippen molar-refractivity contribution in [2.24, 2.45) is 0 Å². The van der Waals surface area contributed by atoms with Crippen molar-refractivity contribution in [2.75, 3.05) is 0 Å². The summed E-state index contributed by atoms with van der Waals surface area (Å²) < 4.78 is 0. The minimum atomic E-state index is 0.507. The third kappa shape index (κ3) is 5.04. The molecule has 0 aliphatic rings. The molecule has 0 N–H and O–H groups in total. The van der Waals surface area contributed by atoms with Gasteiger partial charge in [-0.15, -0.1) is 0 Å². The number of rotatable bonds is 5. The molecule has 3 heterocycles. The average Bonchev–Trinajstić information content (AvgIpc) is 3.18. The molecule has 224 valence electrons. The molecule has 0 saturated heterocycles. The molecule has 0 spiro atoms. The van der Waals surface area contributed by atoms with Gasteiger partial charge in [0.2, 0.25) is 0 Å². The summed E-state index contributed by atoms with van der Waals surface area (Å²) in [5.41, 5.74) is 8.36. The summed E-state index contributed by atoms with van der Waals surface area (Å²) in [5.74, 6) is 1.69. The highest BCUT2D eigenvalue weighted by molar-refractivity contribution is 6.05. The highest BCUT2D eigenvalue weighted by Gasteiger charge is 2.16. The lowest BCUT2D eigenvalue weighted by molar-refractivity contribution is 1.06. The molecule has 0 aliphatic carbocycles. The van der Waals surface area contributed by atoms with E-state index in [9.17, 15) is 0 Å². The molecule has 0 aliphatic heterocycles. The van der Waals surface area contributed by atoms with E-state index in [1.807, 2.05) is 66.7 Å². The van der Waals surface area contributed by atoms with Crippen molar-refractivity contribution >= 4 is 32.6 Å². The number of pyridine rings is 2. The Hall–Kier alpha value is -6.59. The van der Waals surface area contributed by atoms with Crippen LogP contribution >= 0.6 is 0 Å². The summed E-state index contributed by atoms with van der Waals surface area (Å²) in [5, 5.41) is 4.38. The molecule has 0 amide bonds. The first-order valence-corrected chi connectivity index (χ1v) is 15.9. The lowest BCUT2D eigenvalue weighted by Crippen LogP contribution is -2.01. The van der Waals surface area contributed by atoms with E-state index in [0.29, 0.717) is 23.2 Å². The molecule has 0 fully saturated rings. The minimum Gasteiger partial charge on any atom is -0.245 e. The maximum atomic E-state index is 5.21. The molecule has 48 heavy (non-hydrogen) atoms. The fourth-order valence-corrected chi connectivity index (χ4v) is 6.30. The Morgan fingerprint density at radius 1 is 0.292 bits per heavy atom. The molecule has 5 nitrogen and oxygen atoms in total. The number of hydrogen-bond acceptors (Lipinski definition) is 5. The Morgan fingerprint density at radius 2 is 0.812 bits per heavy atom. The van der Waals surface area contributed by atoms with Crippen LogP contribution in [-0.4, -0.2) is 24.9 Å². The van der Waals surface area contributed by atoms with Crippen LogP contribution in [-0.2, 0) is 0 Å². The predicted molar refractivity (Wildman–Crippen MR) is 195 cm³/mol. The second kappa shape index (κ2) is 11.6. The average molecular weight is 614 g/mol. The van der Waals surface area contributed by atoms with Gasteiger partial charge in [-0.25, -0.2) is 24.9 Å². The van der Waals surface area contributed by atoms with Gasteiger partial charge in [-0.3, -0.25) is 0 Å². The quantitative estimate of drug-likeness (QED) is 0.181. The second-order valence-corrected chi connectivity index (χ2v) is 11.7. The Balaban J connectivity index is 1.22. The van der Waals surface area contributed by atoms with Gasteiger partial charge in [0.1, 0.15) is 5.69 Å². The summed E-state index contributed by atoms with van der Waals surface area (Å²) in [7, 11) is 0. The summed E-state index contributed by atoms with van der Waals surface area (Å²) in [6.45, 7) is 0. The van der Waals surface area contributed by atoms with Gasteiger partial charge in [0.05, 0.1) is 16.7 Å². The third-order valence-corrected chi connectivity index (χ3v) is 8.71. The van der Waals surface area contributed by atoms with Crippen molar-refractivity contribution in [1.82, 2.24) is 24.9 Å². The molecule has 0 bridgehead atoms. The van der Waals surface area contributed by atoms with Gasteiger partial charge in [-0.05, 0) is 40.1 Å². The number of fused-ring (bicyclic) bond motifs is 4.